The number of hydrogen-bond donors (Lipinski definition) is 1. The molecule has 0 saturated heterocycles. The molecule has 8 heteroatoms. The van der Waals surface area contributed by atoms with Gasteiger partial charge in [0.2, 0.25) is 0 Å². The van der Waals surface area contributed by atoms with Gasteiger partial charge in [-0.3, -0.25) is 5.10 Å². The zero-order chi connectivity index (χ0) is 16.5. The summed E-state index contributed by atoms with van der Waals surface area (Å²) in [6, 6.07) is 13.0. The molecule has 2 heterocycles. The number of tetrazole rings is 1. The van der Waals surface area contributed by atoms with Crippen LogP contribution in [-0.2, 0) is 0 Å². The predicted molar refractivity (Wildman–Crippen MR) is 82.1 cm³/mol. The number of halogens is 2. The van der Waals surface area contributed by atoms with Gasteiger partial charge in [0.25, 0.3) is 0 Å². The van der Waals surface area contributed by atoms with Crippen LogP contribution in [0.4, 0.5) is 8.78 Å². The Morgan fingerprint density at radius 3 is 2.58 bits per heavy atom. The van der Waals surface area contributed by atoms with Crippen LogP contribution in [0.25, 0.3) is 28.3 Å². The van der Waals surface area contributed by atoms with Crippen molar-refractivity contribution in [2.75, 3.05) is 0 Å². The average molecular weight is 324 g/mol. The van der Waals surface area contributed by atoms with Crippen molar-refractivity contribution in [3.8, 4) is 28.3 Å². The highest BCUT2D eigenvalue weighted by Gasteiger charge is 2.18. The molecule has 4 aromatic rings. The number of aromatic nitrogens is 6. The van der Waals surface area contributed by atoms with Gasteiger partial charge in [0.05, 0.1) is 23.1 Å². The fourth-order valence-electron chi connectivity index (χ4n) is 2.43. The molecule has 24 heavy (non-hydrogen) atoms. The Hall–Kier alpha value is -3.42. The summed E-state index contributed by atoms with van der Waals surface area (Å²) in [5.41, 5.74) is 2.30. The Kier molecular flexibility index (Phi) is 3.34. The molecule has 0 spiro atoms. The van der Waals surface area contributed by atoms with E-state index in [0.717, 1.165) is 17.8 Å². The van der Waals surface area contributed by atoms with Gasteiger partial charge in [-0.15, -0.1) is 5.10 Å². The third-order valence-corrected chi connectivity index (χ3v) is 3.56. The number of rotatable bonds is 3. The van der Waals surface area contributed by atoms with E-state index in [1.165, 1.54) is 6.07 Å². The van der Waals surface area contributed by atoms with Gasteiger partial charge in [-0.1, -0.05) is 18.2 Å². The molecule has 0 saturated carbocycles. The average Bonchev–Trinajstić information content (AvgIpc) is 3.26. The predicted octanol–water partition coefficient (Wildman–Crippen LogP) is 3.00. The normalized spacial score (nSPS) is 10.9. The highest BCUT2D eigenvalue weighted by atomic mass is 19.2. The molecule has 0 aliphatic heterocycles. The van der Waals surface area contributed by atoms with E-state index >= 15 is 0 Å². The maximum Gasteiger partial charge on any atom is 0.190 e. The van der Waals surface area contributed by atoms with E-state index in [4.69, 9.17) is 0 Å². The van der Waals surface area contributed by atoms with E-state index in [2.05, 4.69) is 25.7 Å². The molecule has 0 atom stereocenters. The summed E-state index contributed by atoms with van der Waals surface area (Å²) in [5.74, 6) is -1.40. The molecule has 118 valence electrons. The third kappa shape index (κ3) is 2.34. The highest BCUT2D eigenvalue weighted by Crippen LogP contribution is 2.30. The first-order valence-corrected chi connectivity index (χ1v) is 7.07. The van der Waals surface area contributed by atoms with E-state index in [9.17, 15) is 8.78 Å². The molecule has 0 unspecified atom stereocenters. The van der Waals surface area contributed by atoms with Gasteiger partial charge >= 0.3 is 0 Å². The van der Waals surface area contributed by atoms with E-state index in [1.807, 2.05) is 30.3 Å². The second-order valence-corrected chi connectivity index (χ2v) is 5.04. The Labute approximate surface area is 134 Å². The van der Waals surface area contributed by atoms with Gasteiger partial charge in [0.1, 0.15) is 0 Å². The molecular formula is C16H10F2N6. The number of para-hydroxylation sites is 1. The number of nitrogens with zero attached hydrogens (tertiary/aromatic N) is 5. The van der Waals surface area contributed by atoms with Crippen molar-refractivity contribution in [2.45, 2.75) is 0 Å². The number of nitrogens with one attached hydrogen (secondary N) is 1. The van der Waals surface area contributed by atoms with Crippen molar-refractivity contribution in [3.05, 3.63) is 66.4 Å². The molecule has 0 bridgehead atoms. The first-order chi connectivity index (χ1) is 11.7. The number of benzene rings is 2. The van der Waals surface area contributed by atoms with Gasteiger partial charge in [-0.2, -0.15) is 9.78 Å². The Morgan fingerprint density at radius 1 is 0.958 bits per heavy atom. The summed E-state index contributed by atoms with van der Waals surface area (Å²) in [7, 11) is 0. The highest BCUT2D eigenvalue weighted by molar-refractivity contribution is 5.77. The molecule has 0 fully saturated rings. The quantitative estimate of drug-likeness (QED) is 0.629. The second kappa shape index (κ2) is 5.65. The lowest BCUT2D eigenvalue weighted by Crippen LogP contribution is -1.99. The molecular weight excluding hydrogens is 314 g/mol. The van der Waals surface area contributed by atoms with E-state index in [0.29, 0.717) is 22.6 Å². The second-order valence-electron chi connectivity index (χ2n) is 5.04. The van der Waals surface area contributed by atoms with Crippen LogP contribution in [0.1, 0.15) is 0 Å². The fourth-order valence-corrected chi connectivity index (χ4v) is 2.43. The smallest absolute Gasteiger partial charge is 0.190 e. The number of H-pyrrole nitrogens is 1. The summed E-state index contributed by atoms with van der Waals surface area (Å²) in [6.45, 7) is 0. The minimum atomic E-state index is -0.935. The summed E-state index contributed by atoms with van der Waals surface area (Å²) in [6.07, 6.45) is 1.54. The van der Waals surface area contributed by atoms with Crippen LogP contribution in [0.3, 0.4) is 0 Å². The zero-order valence-electron chi connectivity index (χ0n) is 12.2. The van der Waals surface area contributed by atoms with Gasteiger partial charge in [-0.25, -0.2) is 8.78 Å². The monoisotopic (exact) mass is 324 g/mol. The van der Waals surface area contributed by atoms with Crippen molar-refractivity contribution in [2.24, 2.45) is 0 Å². The van der Waals surface area contributed by atoms with Crippen LogP contribution < -0.4 is 0 Å². The Balaban J connectivity index is 1.85. The van der Waals surface area contributed by atoms with Gasteiger partial charge in [-0.05, 0) is 40.8 Å². The lowest BCUT2D eigenvalue weighted by Gasteiger charge is -2.05. The summed E-state index contributed by atoms with van der Waals surface area (Å²) in [5, 5.41) is 18.5. The van der Waals surface area contributed by atoms with Crippen molar-refractivity contribution in [3.63, 3.8) is 0 Å². The van der Waals surface area contributed by atoms with Crippen LogP contribution in [0.15, 0.2) is 54.7 Å². The van der Waals surface area contributed by atoms with Crippen molar-refractivity contribution >= 4 is 0 Å². The lowest BCUT2D eigenvalue weighted by atomic mass is 10.1. The van der Waals surface area contributed by atoms with Crippen LogP contribution >= 0.6 is 0 Å². The Bertz CT molecular complexity index is 993. The van der Waals surface area contributed by atoms with E-state index in [1.54, 1.807) is 10.9 Å². The minimum absolute atomic E-state index is 0.440. The first kappa shape index (κ1) is 14.2. The molecule has 6 nitrogen and oxygen atoms in total. The van der Waals surface area contributed by atoms with Crippen molar-refractivity contribution in [1.29, 1.82) is 0 Å². The lowest BCUT2D eigenvalue weighted by molar-refractivity contribution is 0.509. The van der Waals surface area contributed by atoms with Gasteiger partial charge < -0.3 is 0 Å². The molecule has 2 aromatic carbocycles. The number of aromatic amines is 1. The molecule has 0 radical (unpaired) electrons. The van der Waals surface area contributed by atoms with Crippen LogP contribution in [0.5, 0.6) is 0 Å². The summed E-state index contributed by atoms with van der Waals surface area (Å²) >= 11 is 0. The Morgan fingerprint density at radius 2 is 1.79 bits per heavy atom. The van der Waals surface area contributed by atoms with Gasteiger partial charge in [0, 0.05) is 5.56 Å². The van der Waals surface area contributed by atoms with E-state index in [-0.39, 0.29) is 0 Å². The third-order valence-electron chi connectivity index (χ3n) is 3.56. The minimum Gasteiger partial charge on any atom is -0.277 e. The maximum absolute atomic E-state index is 13.5. The zero-order valence-corrected chi connectivity index (χ0v) is 12.2. The fraction of sp³-hybridized carbons (Fsp3) is 0. The molecule has 0 amide bonds. The van der Waals surface area contributed by atoms with Crippen LogP contribution in [0, 0.1) is 11.6 Å². The molecule has 4 rings (SSSR count). The number of hydrogen-bond acceptors (Lipinski definition) is 4. The SMILES string of the molecule is Fc1ccc(-c2[nH]ncc2-c2nnnn2-c2ccccc2)cc1F. The topological polar surface area (TPSA) is 72.3 Å². The standard InChI is InChI=1S/C16H10F2N6/c17-13-7-6-10(8-14(13)18)15-12(9-19-20-15)16-21-22-23-24(16)11-4-2-1-3-5-11/h1-9H,(H,19,20). The maximum atomic E-state index is 13.5. The van der Waals surface area contributed by atoms with Crippen molar-refractivity contribution in [1.82, 2.24) is 30.4 Å². The molecule has 0 aliphatic carbocycles. The molecule has 0 aliphatic rings. The molecule has 2 aromatic heterocycles. The summed E-state index contributed by atoms with van der Waals surface area (Å²) < 4.78 is 28.2. The summed E-state index contributed by atoms with van der Waals surface area (Å²) in [4.78, 5) is 0. The largest absolute Gasteiger partial charge is 0.277 e. The molecule has 1 N–H and O–H groups in total. The first-order valence-electron chi connectivity index (χ1n) is 7.07. The van der Waals surface area contributed by atoms with Gasteiger partial charge in [0.15, 0.2) is 17.5 Å². The van der Waals surface area contributed by atoms with Crippen LogP contribution in [-0.4, -0.2) is 30.4 Å². The van der Waals surface area contributed by atoms with Crippen molar-refractivity contribution < 1.29 is 8.78 Å². The van der Waals surface area contributed by atoms with E-state index < -0.39 is 11.6 Å². The van der Waals surface area contributed by atoms with Crippen LogP contribution in [0.2, 0.25) is 0 Å².